The van der Waals surface area contributed by atoms with Crippen LogP contribution in [0.3, 0.4) is 0 Å². The lowest BCUT2D eigenvalue weighted by Gasteiger charge is -2.07. The zero-order chi connectivity index (χ0) is 16.4. The predicted octanol–water partition coefficient (Wildman–Crippen LogP) is 3.71. The standard InChI is InChI=1S/C15H16ClN5OS/c1-4-6-21-14(11-5-7-22-10(11)2)18-19-15(21)23-9-13-17-8-12(16)20(13)3/h4-5,7-8H,1,6,9H2,2-3H3. The number of furan rings is 1. The van der Waals surface area contributed by atoms with Gasteiger partial charge in [0.2, 0.25) is 0 Å². The average Bonchev–Trinajstić information content (AvgIpc) is 3.20. The Balaban J connectivity index is 1.88. The fourth-order valence-corrected chi connectivity index (χ4v) is 3.28. The van der Waals surface area contributed by atoms with Crippen molar-refractivity contribution >= 4 is 23.4 Å². The number of hydrogen-bond donors (Lipinski definition) is 0. The Kier molecular flexibility index (Phi) is 4.58. The largest absolute Gasteiger partial charge is 0.469 e. The molecule has 0 aromatic carbocycles. The maximum Gasteiger partial charge on any atom is 0.192 e. The fourth-order valence-electron chi connectivity index (χ4n) is 2.19. The third-order valence-corrected chi connectivity index (χ3v) is 4.80. The molecular weight excluding hydrogens is 334 g/mol. The number of aromatic nitrogens is 5. The number of rotatable bonds is 6. The van der Waals surface area contributed by atoms with Gasteiger partial charge in [-0.15, -0.1) is 16.8 Å². The van der Waals surface area contributed by atoms with Gasteiger partial charge < -0.3 is 8.98 Å². The zero-order valence-electron chi connectivity index (χ0n) is 12.9. The number of aryl methyl sites for hydroxylation is 1. The SMILES string of the molecule is C=CCn1c(SCc2ncc(Cl)n2C)nnc1-c1ccoc1C. The second-order valence-electron chi connectivity index (χ2n) is 4.94. The van der Waals surface area contributed by atoms with Crippen LogP contribution >= 0.6 is 23.4 Å². The summed E-state index contributed by atoms with van der Waals surface area (Å²) in [5.74, 6) is 3.13. The number of allylic oxidation sites excluding steroid dienone is 1. The summed E-state index contributed by atoms with van der Waals surface area (Å²) in [5, 5.41) is 10.0. The van der Waals surface area contributed by atoms with Crippen LogP contribution in [0.4, 0.5) is 0 Å². The van der Waals surface area contributed by atoms with Crippen LogP contribution in [0.25, 0.3) is 11.4 Å². The highest BCUT2D eigenvalue weighted by Crippen LogP contribution is 2.28. The number of halogens is 1. The summed E-state index contributed by atoms with van der Waals surface area (Å²) >= 11 is 7.58. The molecule has 0 fully saturated rings. The lowest BCUT2D eigenvalue weighted by Crippen LogP contribution is -2.02. The molecule has 6 nitrogen and oxygen atoms in total. The van der Waals surface area contributed by atoms with Gasteiger partial charge >= 0.3 is 0 Å². The summed E-state index contributed by atoms with van der Waals surface area (Å²) in [6.45, 7) is 6.34. The summed E-state index contributed by atoms with van der Waals surface area (Å²) in [5.41, 5.74) is 0.936. The van der Waals surface area contributed by atoms with Gasteiger partial charge in [0.25, 0.3) is 0 Å². The molecule has 0 atom stereocenters. The number of thioether (sulfide) groups is 1. The van der Waals surface area contributed by atoms with E-state index in [0.717, 1.165) is 28.1 Å². The maximum atomic E-state index is 6.02. The summed E-state index contributed by atoms with van der Waals surface area (Å²) in [7, 11) is 1.89. The van der Waals surface area contributed by atoms with E-state index in [4.69, 9.17) is 16.0 Å². The Hall–Kier alpha value is -1.99. The van der Waals surface area contributed by atoms with Crippen molar-refractivity contribution < 1.29 is 4.42 Å². The smallest absolute Gasteiger partial charge is 0.192 e. The van der Waals surface area contributed by atoms with Crippen molar-refractivity contribution in [1.29, 1.82) is 0 Å². The van der Waals surface area contributed by atoms with Gasteiger partial charge in [-0.2, -0.15) is 0 Å². The minimum atomic E-state index is 0.614. The van der Waals surface area contributed by atoms with Crippen molar-refractivity contribution in [3.05, 3.63) is 47.9 Å². The van der Waals surface area contributed by atoms with Crippen molar-refractivity contribution in [2.75, 3.05) is 0 Å². The molecule has 0 aliphatic heterocycles. The molecule has 0 aliphatic rings. The van der Waals surface area contributed by atoms with Crippen LogP contribution in [0.2, 0.25) is 5.15 Å². The summed E-state index contributed by atoms with van der Waals surface area (Å²) in [6.07, 6.45) is 5.12. The zero-order valence-corrected chi connectivity index (χ0v) is 14.4. The van der Waals surface area contributed by atoms with Gasteiger partial charge in [0.05, 0.1) is 23.8 Å². The molecule has 23 heavy (non-hydrogen) atoms. The molecule has 0 saturated carbocycles. The van der Waals surface area contributed by atoms with E-state index in [1.165, 1.54) is 0 Å². The maximum absolute atomic E-state index is 6.02. The molecule has 0 spiro atoms. The molecular formula is C15H16ClN5OS. The molecule has 0 radical (unpaired) electrons. The molecule has 0 aliphatic carbocycles. The van der Waals surface area contributed by atoms with Crippen LogP contribution < -0.4 is 0 Å². The van der Waals surface area contributed by atoms with Crippen LogP contribution in [0.5, 0.6) is 0 Å². The van der Waals surface area contributed by atoms with E-state index in [2.05, 4.69) is 21.8 Å². The van der Waals surface area contributed by atoms with E-state index in [0.29, 0.717) is 17.5 Å². The highest BCUT2D eigenvalue weighted by molar-refractivity contribution is 7.98. The molecule has 0 bridgehead atoms. The van der Waals surface area contributed by atoms with Crippen molar-refractivity contribution in [2.24, 2.45) is 7.05 Å². The number of imidazole rings is 1. The molecule has 3 aromatic rings. The summed E-state index contributed by atoms with van der Waals surface area (Å²) in [4.78, 5) is 4.29. The molecule has 0 unspecified atom stereocenters. The summed E-state index contributed by atoms with van der Waals surface area (Å²) in [6, 6.07) is 1.89. The molecule has 3 aromatic heterocycles. The van der Waals surface area contributed by atoms with E-state index in [9.17, 15) is 0 Å². The van der Waals surface area contributed by atoms with E-state index in [-0.39, 0.29) is 0 Å². The second-order valence-corrected chi connectivity index (χ2v) is 6.27. The van der Waals surface area contributed by atoms with Crippen molar-refractivity contribution in [1.82, 2.24) is 24.3 Å². The Morgan fingerprint density at radius 1 is 1.43 bits per heavy atom. The van der Waals surface area contributed by atoms with E-state index >= 15 is 0 Å². The van der Waals surface area contributed by atoms with Gasteiger partial charge in [-0.1, -0.05) is 29.4 Å². The predicted molar refractivity (Wildman–Crippen MR) is 90.4 cm³/mol. The Labute approximate surface area is 143 Å². The Morgan fingerprint density at radius 2 is 2.26 bits per heavy atom. The van der Waals surface area contributed by atoms with Gasteiger partial charge in [0.1, 0.15) is 16.7 Å². The van der Waals surface area contributed by atoms with Crippen LogP contribution in [0.15, 0.2) is 40.8 Å². The first-order chi connectivity index (χ1) is 11.1. The third kappa shape index (κ3) is 3.07. The first-order valence-electron chi connectivity index (χ1n) is 6.99. The molecule has 120 valence electrons. The normalized spacial score (nSPS) is 11.1. The topological polar surface area (TPSA) is 61.7 Å². The third-order valence-electron chi connectivity index (χ3n) is 3.49. The highest BCUT2D eigenvalue weighted by atomic mass is 35.5. The van der Waals surface area contributed by atoms with Gasteiger partial charge in [0, 0.05) is 13.6 Å². The monoisotopic (exact) mass is 349 g/mol. The van der Waals surface area contributed by atoms with Crippen LogP contribution in [0, 0.1) is 6.92 Å². The lowest BCUT2D eigenvalue weighted by atomic mass is 10.2. The molecule has 0 saturated heterocycles. The average molecular weight is 350 g/mol. The van der Waals surface area contributed by atoms with Crippen LogP contribution in [-0.2, 0) is 19.3 Å². The van der Waals surface area contributed by atoms with Crippen LogP contribution in [-0.4, -0.2) is 24.3 Å². The Bertz CT molecular complexity index is 835. The first-order valence-corrected chi connectivity index (χ1v) is 8.35. The number of hydrogen-bond acceptors (Lipinski definition) is 5. The lowest BCUT2D eigenvalue weighted by molar-refractivity contribution is 0.534. The second kappa shape index (κ2) is 6.64. The minimum Gasteiger partial charge on any atom is -0.469 e. The van der Waals surface area contributed by atoms with Crippen LogP contribution in [0.1, 0.15) is 11.6 Å². The minimum absolute atomic E-state index is 0.614. The van der Waals surface area contributed by atoms with Gasteiger partial charge in [0.15, 0.2) is 11.0 Å². The van der Waals surface area contributed by atoms with Gasteiger partial charge in [-0.3, -0.25) is 4.57 Å². The van der Waals surface area contributed by atoms with E-state index in [1.807, 2.05) is 35.2 Å². The molecule has 8 heteroatoms. The van der Waals surface area contributed by atoms with Crippen molar-refractivity contribution in [3.8, 4) is 11.4 Å². The summed E-state index contributed by atoms with van der Waals surface area (Å²) < 4.78 is 9.23. The van der Waals surface area contributed by atoms with Crippen molar-refractivity contribution in [3.63, 3.8) is 0 Å². The van der Waals surface area contributed by atoms with Gasteiger partial charge in [-0.25, -0.2) is 4.98 Å². The first kappa shape index (κ1) is 15.9. The van der Waals surface area contributed by atoms with Crippen molar-refractivity contribution in [2.45, 2.75) is 24.4 Å². The van der Waals surface area contributed by atoms with E-state index < -0.39 is 0 Å². The Morgan fingerprint density at radius 3 is 2.87 bits per heavy atom. The van der Waals surface area contributed by atoms with E-state index in [1.54, 1.807) is 24.2 Å². The molecule has 3 rings (SSSR count). The number of nitrogens with zero attached hydrogens (tertiary/aromatic N) is 5. The molecule has 0 N–H and O–H groups in total. The van der Waals surface area contributed by atoms with Gasteiger partial charge in [-0.05, 0) is 13.0 Å². The quantitative estimate of drug-likeness (QED) is 0.501. The molecule has 3 heterocycles. The highest BCUT2D eigenvalue weighted by Gasteiger charge is 2.17. The molecule has 0 amide bonds. The fraction of sp³-hybridized carbons (Fsp3) is 0.267.